The molecule has 32 heavy (non-hydrogen) atoms. The Kier molecular flexibility index (Phi) is 7.76. The summed E-state index contributed by atoms with van der Waals surface area (Å²) in [5.41, 5.74) is 2.16. The number of carbonyl (C=O) groups is 2. The van der Waals surface area contributed by atoms with Gasteiger partial charge in [0.2, 0.25) is 5.91 Å². The Bertz CT molecular complexity index is 1120. The van der Waals surface area contributed by atoms with E-state index < -0.39 is 0 Å². The number of hydrogen-bond acceptors (Lipinski definition) is 6. The molecule has 0 unspecified atom stereocenters. The third kappa shape index (κ3) is 5.80. The van der Waals surface area contributed by atoms with E-state index in [1.807, 2.05) is 26.0 Å². The third-order valence-corrected chi connectivity index (χ3v) is 5.94. The van der Waals surface area contributed by atoms with Gasteiger partial charge in [-0.15, -0.1) is 10.2 Å². The minimum Gasteiger partial charge on any atom is -0.495 e. The first kappa shape index (κ1) is 23.6. The van der Waals surface area contributed by atoms with E-state index >= 15 is 0 Å². The van der Waals surface area contributed by atoms with Gasteiger partial charge in [-0.1, -0.05) is 41.1 Å². The topological polar surface area (TPSA) is 98.1 Å². The highest BCUT2D eigenvalue weighted by molar-refractivity contribution is 7.99. The highest BCUT2D eigenvalue weighted by atomic mass is 35.5. The SMILES string of the molecule is COc1ccc(Cl)cc1NC(=O)CSc1nnc([C@H](C)NC(=O)c2ccc(C)cc2)n1C. The van der Waals surface area contributed by atoms with Crippen molar-refractivity contribution >= 4 is 40.9 Å². The first-order valence-electron chi connectivity index (χ1n) is 9.81. The number of aromatic nitrogens is 3. The van der Waals surface area contributed by atoms with Gasteiger partial charge in [0.05, 0.1) is 24.6 Å². The second-order valence-electron chi connectivity index (χ2n) is 7.14. The van der Waals surface area contributed by atoms with Crippen LogP contribution in [-0.2, 0) is 11.8 Å². The summed E-state index contributed by atoms with van der Waals surface area (Å²) in [6.07, 6.45) is 0. The number of nitrogens with one attached hydrogen (secondary N) is 2. The van der Waals surface area contributed by atoms with Gasteiger partial charge in [-0.3, -0.25) is 9.59 Å². The van der Waals surface area contributed by atoms with E-state index in [2.05, 4.69) is 20.8 Å². The number of anilines is 1. The van der Waals surface area contributed by atoms with Crippen LogP contribution in [0.2, 0.25) is 5.02 Å². The lowest BCUT2D eigenvalue weighted by molar-refractivity contribution is -0.113. The van der Waals surface area contributed by atoms with Gasteiger partial charge in [-0.05, 0) is 44.2 Å². The molecule has 1 heterocycles. The van der Waals surface area contributed by atoms with Crippen LogP contribution in [-0.4, -0.2) is 39.4 Å². The number of amides is 2. The quantitative estimate of drug-likeness (QED) is 0.480. The maximum Gasteiger partial charge on any atom is 0.251 e. The molecule has 3 aromatic rings. The fraction of sp³-hybridized carbons (Fsp3) is 0.273. The molecular weight excluding hydrogens is 450 g/mol. The normalized spacial score (nSPS) is 11.7. The summed E-state index contributed by atoms with van der Waals surface area (Å²) in [6.45, 7) is 3.80. The van der Waals surface area contributed by atoms with Crippen LogP contribution in [0.1, 0.15) is 34.7 Å². The van der Waals surface area contributed by atoms with Crippen molar-refractivity contribution in [3.63, 3.8) is 0 Å². The van der Waals surface area contributed by atoms with Crippen LogP contribution in [0.3, 0.4) is 0 Å². The predicted octanol–water partition coefficient (Wildman–Crippen LogP) is 4.01. The van der Waals surface area contributed by atoms with E-state index in [0.717, 1.165) is 5.56 Å². The fourth-order valence-electron chi connectivity index (χ4n) is 2.97. The molecule has 2 N–H and O–H groups in total. The molecular formula is C22H24ClN5O3S. The van der Waals surface area contributed by atoms with Crippen molar-refractivity contribution in [3.8, 4) is 5.75 Å². The smallest absolute Gasteiger partial charge is 0.251 e. The number of carbonyl (C=O) groups excluding carboxylic acids is 2. The first-order chi connectivity index (χ1) is 15.3. The van der Waals surface area contributed by atoms with Crippen LogP contribution < -0.4 is 15.4 Å². The Morgan fingerprint density at radius 3 is 2.59 bits per heavy atom. The lowest BCUT2D eigenvalue weighted by Crippen LogP contribution is -2.28. The van der Waals surface area contributed by atoms with Gasteiger partial charge in [-0.2, -0.15) is 0 Å². The Hall–Kier alpha value is -3.04. The molecule has 1 aromatic heterocycles. The summed E-state index contributed by atoms with van der Waals surface area (Å²) in [4.78, 5) is 24.9. The molecule has 0 spiro atoms. The molecule has 0 aliphatic rings. The second kappa shape index (κ2) is 10.5. The van der Waals surface area contributed by atoms with Crippen LogP contribution >= 0.6 is 23.4 Å². The number of rotatable bonds is 8. The molecule has 3 rings (SSSR count). The van der Waals surface area contributed by atoms with Gasteiger partial charge < -0.3 is 19.9 Å². The van der Waals surface area contributed by atoms with E-state index in [1.165, 1.54) is 18.9 Å². The molecule has 0 saturated carbocycles. The summed E-state index contributed by atoms with van der Waals surface area (Å²) >= 11 is 7.24. The van der Waals surface area contributed by atoms with E-state index in [1.54, 1.807) is 41.9 Å². The van der Waals surface area contributed by atoms with E-state index in [4.69, 9.17) is 16.3 Å². The summed E-state index contributed by atoms with van der Waals surface area (Å²) < 4.78 is 7.00. The summed E-state index contributed by atoms with van der Waals surface area (Å²) in [6, 6.07) is 12.0. The monoisotopic (exact) mass is 473 g/mol. The molecule has 0 radical (unpaired) electrons. The number of aryl methyl sites for hydroxylation is 1. The van der Waals surface area contributed by atoms with Crippen LogP contribution in [0.15, 0.2) is 47.6 Å². The van der Waals surface area contributed by atoms with Gasteiger partial charge in [0, 0.05) is 17.6 Å². The lowest BCUT2D eigenvalue weighted by atomic mass is 10.1. The summed E-state index contributed by atoms with van der Waals surface area (Å²) in [7, 11) is 3.32. The van der Waals surface area contributed by atoms with Crippen molar-refractivity contribution in [2.24, 2.45) is 7.05 Å². The number of thioether (sulfide) groups is 1. The maximum absolute atomic E-state index is 12.5. The number of benzene rings is 2. The lowest BCUT2D eigenvalue weighted by Gasteiger charge is -2.14. The average Bonchev–Trinajstić information content (AvgIpc) is 3.13. The van der Waals surface area contributed by atoms with Gasteiger partial charge in [0.1, 0.15) is 5.75 Å². The first-order valence-corrected chi connectivity index (χ1v) is 11.2. The highest BCUT2D eigenvalue weighted by Gasteiger charge is 2.19. The Morgan fingerprint density at radius 2 is 1.91 bits per heavy atom. The molecule has 0 aliphatic heterocycles. The molecule has 0 bridgehead atoms. The molecule has 0 aliphatic carbocycles. The maximum atomic E-state index is 12.5. The largest absolute Gasteiger partial charge is 0.495 e. The number of halogens is 1. The van der Waals surface area contributed by atoms with Crippen LogP contribution in [0.25, 0.3) is 0 Å². The molecule has 168 valence electrons. The van der Waals surface area contributed by atoms with Crippen molar-refractivity contribution in [3.05, 3.63) is 64.4 Å². The summed E-state index contributed by atoms with van der Waals surface area (Å²) in [5.74, 6) is 0.799. The minimum absolute atomic E-state index is 0.117. The van der Waals surface area contributed by atoms with E-state index in [-0.39, 0.29) is 23.6 Å². The molecule has 2 aromatic carbocycles. The van der Waals surface area contributed by atoms with Gasteiger partial charge >= 0.3 is 0 Å². The zero-order valence-electron chi connectivity index (χ0n) is 18.2. The van der Waals surface area contributed by atoms with Crippen LogP contribution in [0.5, 0.6) is 5.75 Å². The van der Waals surface area contributed by atoms with Crippen molar-refractivity contribution in [2.75, 3.05) is 18.2 Å². The highest BCUT2D eigenvalue weighted by Crippen LogP contribution is 2.28. The molecule has 0 fully saturated rings. The Morgan fingerprint density at radius 1 is 1.19 bits per heavy atom. The van der Waals surface area contributed by atoms with Gasteiger partial charge in [0.25, 0.3) is 5.91 Å². The fourth-order valence-corrected chi connectivity index (χ4v) is 3.86. The molecule has 2 amide bonds. The third-order valence-electron chi connectivity index (χ3n) is 4.69. The molecule has 0 saturated heterocycles. The van der Waals surface area contributed by atoms with Crippen molar-refractivity contribution < 1.29 is 14.3 Å². The Labute approximate surface area is 195 Å². The average molecular weight is 474 g/mol. The van der Waals surface area contributed by atoms with Crippen molar-refractivity contribution in [2.45, 2.75) is 25.0 Å². The van der Waals surface area contributed by atoms with Crippen LogP contribution in [0, 0.1) is 6.92 Å². The minimum atomic E-state index is -0.361. The van der Waals surface area contributed by atoms with E-state index in [9.17, 15) is 9.59 Å². The van der Waals surface area contributed by atoms with Gasteiger partial charge in [0.15, 0.2) is 11.0 Å². The molecule has 10 heteroatoms. The van der Waals surface area contributed by atoms with Crippen molar-refractivity contribution in [1.29, 1.82) is 0 Å². The van der Waals surface area contributed by atoms with Gasteiger partial charge in [-0.25, -0.2) is 0 Å². The Balaban J connectivity index is 1.59. The van der Waals surface area contributed by atoms with Crippen LogP contribution in [0.4, 0.5) is 5.69 Å². The number of hydrogen-bond donors (Lipinski definition) is 2. The number of nitrogens with zero attached hydrogens (tertiary/aromatic N) is 3. The zero-order valence-corrected chi connectivity index (χ0v) is 19.8. The second-order valence-corrected chi connectivity index (χ2v) is 8.52. The van der Waals surface area contributed by atoms with E-state index in [0.29, 0.717) is 33.0 Å². The zero-order chi connectivity index (χ0) is 23.3. The number of ether oxygens (including phenoxy) is 1. The van der Waals surface area contributed by atoms with Crippen molar-refractivity contribution in [1.82, 2.24) is 20.1 Å². The number of methoxy groups -OCH3 is 1. The standard InChI is InChI=1S/C22H24ClN5O3S/c1-13-5-7-15(8-6-13)21(30)24-14(2)20-26-27-22(28(20)3)32-12-19(29)25-17-11-16(23)9-10-18(17)31-4/h5-11,14H,12H2,1-4H3,(H,24,30)(H,25,29)/t14-/m0/s1. The summed E-state index contributed by atoms with van der Waals surface area (Å²) in [5, 5.41) is 15.1. The predicted molar refractivity (Wildman–Crippen MR) is 125 cm³/mol. The molecule has 8 nitrogen and oxygen atoms in total. The molecule has 1 atom stereocenters.